The van der Waals surface area contributed by atoms with Crippen molar-refractivity contribution >= 4 is 28.2 Å². The van der Waals surface area contributed by atoms with Crippen molar-refractivity contribution in [1.82, 2.24) is 19.9 Å². The minimum atomic E-state index is -1.30. The van der Waals surface area contributed by atoms with Crippen LogP contribution in [0.1, 0.15) is 55.0 Å². The first-order valence-corrected chi connectivity index (χ1v) is 14.9. The van der Waals surface area contributed by atoms with Gasteiger partial charge in [0.05, 0.1) is 23.8 Å². The van der Waals surface area contributed by atoms with Gasteiger partial charge in [-0.25, -0.2) is 4.39 Å². The molecule has 6 heterocycles. The number of aryl methyl sites for hydroxylation is 1. The molecule has 4 N–H and O–H groups in total. The molecule has 0 bridgehead atoms. The zero-order valence-corrected chi connectivity index (χ0v) is 23.5. The second-order valence-corrected chi connectivity index (χ2v) is 13.7. The van der Waals surface area contributed by atoms with E-state index < -0.39 is 17.9 Å². The Morgan fingerprint density at radius 2 is 1.95 bits per heavy atom. The number of halogens is 1. The average Bonchev–Trinajstić information content (AvgIpc) is 3.61. The number of ether oxygens (including phenoxy) is 1. The van der Waals surface area contributed by atoms with Crippen LogP contribution in [0.3, 0.4) is 0 Å². The number of aliphatic hydroxyl groups excluding tert-OH is 1. The van der Waals surface area contributed by atoms with Gasteiger partial charge in [-0.3, -0.25) is 4.90 Å². The molecule has 214 valence electrons. The minimum absolute atomic E-state index is 0.148. The molecule has 40 heavy (non-hydrogen) atoms. The maximum absolute atomic E-state index is 14.3. The molecule has 7 rings (SSSR count). The van der Waals surface area contributed by atoms with Crippen molar-refractivity contribution in [1.29, 1.82) is 5.26 Å². The van der Waals surface area contributed by atoms with Crippen LogP contribution < -0.4 is 20.3 Å². The van der Waals surface area contributed by atoms with Crippen molar-refractivity contribution in [3.8, 4) is 12.1 Å². The lowest BCUT2D eigenvalue weighted by molar-refractivity contribution is -0.0695. The van der Waals surface area contributed by atoms with Crippen molar-refractivity contribution in [3.05, 3.63) is 16.0 Å². The first-order valence-electron chi connectivity index (χ1n) is 14.1. The molecule has 0 unspecified atom stereocenters. The number of nitriles is 1. The molecule has 4 aliphatic heterocycles. The fourth-order valence-corrected chi connectivity index (χ4v) is 8.77. The second kappa shape index (κ2) is 9.11. The molecule has 13 heteroatoms. The van der Waals surface area contributed by atoms with Crippen molar-refractivity contribution < 1.29 is 19.3 Å². The predicted octanol–water partition coefficient (Wildman–Crippen LogP) is 1.37. The number of hydrogen-bond donors (Lipinski definition) is 3. The van der Waals surface area contributed by atoms with Gasteiger partial charge in [-0.2, -0.15) is 20.2 Å². The Morgan fingerprint density at radius 1 is 1.18 bits per heavy atom. The third-order valence-electron chi connectivity index (χ3n) is 9.76. The summed E-state index contributed by atoms with van der Waals surface area (Å²) in [6, 6.07) is 2.49. The van der Waals surface area contributed by atoms with Gasteiger partial charge in [0.1, 0.15) is 29.4 Å². The van der Waals surface area contributed by atoms with Gasteiger partial charge in [-0.1, -0.05) is 0 Å². The van der Waals surface area contributed by atoms with E-state index in [2.05, 4.69) is 20.9 Å². The molecule has 5 aliphatic rings. The summed E-state index contributed by atoms with van der Waals surface area (Å²) in [5.41, 5.74) is 6.06. The van der Waals surface area contributed by atoms with Crippen LogP contribution in [0.25, 0.3) is 0 Å². The third-order valence-corrected chi connectivity index (χ3v) is 10.8. The van der Waals surface area contributed by atoms with E-state index in [1.807, 2.05) is 4.90 Å². The molecule has 4 atom stereocenters. The summed E-state index contributed by atoms with van der Waals surface area (Å²) in [4.78, 5) is 21.4. The summed E-state index contributed by atoms with van der Waals surface area (Å²) in [6.45, 7) is 5.20. The van der Waals surface area contributed by atoms with E-state index in [1.165, 1.54) is 16.2 Å². The number of aromatic nitrogens is 3. The van der Waals surface area contributed by atoms with Crippen LogP contribution in [0.15, 0.2) is 0 Å². The molecule has 0 radical (unpaired) electrons. The number of piperidine rings is 1. The van der Waals surface area contributed by atoms with Crippen molar-refractivity contribution in [2.75, 3.05) is 61.4 Å². The number of rotatable bonds is 5. The fourth-order valence-electron chi connectivity index (χ4n) is 7.63. The predicted molar refractivity (Wildman–Crippen MR) is 147 cm³/mol. The molecule has 0 aromatic carbocycles. The lowest BCUT2D eigenvalue weighted by Gasteiger charge is -2.49. The summed E-state index contributed by atoms with van der Waals surface area (Å²) >= 11 is 1.52. The van der Waals surface area contributed by atoms with Gasteiger partial charge in [-0.05, 0) is 51.1 Å². The van der Waals surface area contributed by atoms with Gasteiger partial charge >= 0.3 is 6.01 Å². The first-order chi connectivity index (χ1) is 19.1. The number of nitrogens with two attached hydrogens (primary N) is 1. The number of aliphatic hydroxyl groups is 2. The van der Waals surface area contributed by atoms with Crippen LogP contribution in [0.2, 0.25) is 0 Å². The highest BCUT2D eigenvalue weighted by molar-refractivity contribution is 7.16. The molecule has 2 aromatic heterocycles. The lowest BCUT2D eigenvalue weighted by atomic mass is 9.74. The Labute approximate surface area is 236 Å². The number of thiophene rings is 1. The summed E-state index contributed by atoms with van der Waals surface area (Å²) in [6.07, 6.45) is 2.92. The molecule has 1 aliphatic carbocycles. The Hall–Kier alpha value is -2.79. The second-order valence-electron chi connectivity index (χ2n) is 12.6. The summed E-state index contributed by atoms with van der Waals surface area (Å²) < 4.78 is 20.6. The van der Waals surface area contributed by atoms with Crippen LogP contribution in [-0.2, 0) is 11.8 Å². The molecule has 4 fully saturated rings. The number of fused-ring (bicyclic) bond motifs is 3. The molecule has 11 nitrogen and oxygen atoms in total. The van der Waals surface area contributed by atoms with E-state index in [9.17, 15) is 19.9 Å². The SMILES string of the molecule is C[C@]1(O)CN(c2nc(OC[C@@]34CCCN3C[C@H](F)C4)nc(N3CC4(CCc5sc(N)c(C#N)c54)C3)n2)CC[C@H]1O. The highest BCUT2D eigenvalue weighted by Gasteiger charge is 2.53. The molecule has 1 spiro atoms. The topological polar surface area (TPSA) is 148 Å². The molecule has 4 saturated heterocycles. The van der Waals surface area contributed by atoms with Gasteiger partial charge < -0.3 is 30.5 Å². The lowest BCUT2D eigenvalue weighted by Crippen LogP contribution is -2.59. The number of nitrogens with zero attached hydrogens (tertiary/aromatic N) is 7. The maximum Gasteiger partial charge on any atom is 0.323 e. The maximum atomic E-state index is 14.3. The van der Waals surface area contributed by atoms with Gasteiger partial charge in [0, 0.05) is 42.9 Å². The highest BCUT2D eigenvalue weighted by Crippen LogP contribution is 2.52. The largest absolute Gasteiger partial charge is 0.461 e. The Kier molecular flexibility index (Phi) is 5.95. The number of hydrogen-bond acceptors (Lipinski definition) is 12. The van der Waals surface area contributed by atoms with Crippen molar-refractivity contribution in [2.45, 2.75) is 74.3 Å². The molecular formula is C27H35FN8O3S. The van der Waals surface area contributed by atoms with Gasteiger partial charge in [0.2, 0.25) is 11.9 Å². The fraction of sp³-hybridized carbons (Fsp3) is 0.704. The van der Waals surface area contributed by atoms with E-state index >= 15 is 0 Å². The average molecular weight is 571 g/mol. The van der Waals surface area contributed by atoms with Crippen molar-refractivity contribution in [3.63, 3.8) is 0 Å². The van der Waals surface area contributed by atoms with E-state index in [0.29, 0.717) is 68.1 Å². The first kappa shape index (κ1) is 26.1. The summed E-state index contributed by atoms with van der Waals surface area (Å²) in [5.74, 6) is 0.857. The van der Waals surface area contributed by atoms with Crippen LogP contribution in [0.4, 0.5) is 21.3 Å². The van der Waals surface area contributed by atoms with E-state index in [0.717, 1.165) is 37.8 Å². The number of alkyl halides is 1. The summed E-state index contributed by atoms with van der Waals surface area (Å²) in [5, 5.41) is 31.4. The monoisotopic (exact) mass is 570 g/mol. The van der Waals surface area contributed by atoms with E-state index in [4.69, 9.17) is 20.4 Å². The number of β-amino-alcohol motifs (C(OH)–C–C–N with tert-alkyl or cyclic N) is 1. The highest BCUT2D eigenvalue weighted by atomic mass is 32.1. The van der Waals surface area contributed by atoms with Crippen LogP contribution in [0.5, 0.6) is 6.01 Å². The smallest absolute Gasteiger partial charge is 0.323 e. The summed E-state index contributed by atoms with van der Waals surface area (Å²) in [7, 11) is 0. The molecule has 0 saturated carbocycles. The zero-order chi connectivity index (χ0) is 27.9. The molecular weight excluding hydrogens is 535 g/mol. The van der Waals surface area contributed by atoms with Gasteiger partial charge in [-0.15, -0.1) is 11.3 Å². The van der Waals surface area contributed by atoms with Crippen LogP contribution >= 0.6 is 11.3 Å². The van der Waals surface area contributed by atoms with E-state index in [-0.39, 0.29) is 23.5 Å². The third kappa shape index (κ3) is 4.02. The number of nitrogen functional groups attached to an aromatic ring is 1. The Bertz CT molecular complexity index is 1370. The Morgan fingerprint density at radius 3 is 2.70 bits per heavy atom. The zero-order valence-electron chi connectivity index (χ0n) is 22.6. The van der Waals surface area contributed by atoms with Gasteiger partial charge in [0.15, 0.2) is 0 Å². The van der Waals surface area contributed by atoms with E-state index in [1.54, 1.807) is 6.92 Å². The molecule has 0 amide bonds. The molecule has 2 aromatic rings. The van der Waals surface area contributed by atoms with Crippen LogP contribution in [0, 0.1) is 11.3 Å². The van der Waals surface area contributed by atoms with Crippen LogP contribution in [-0.4, -0.2) is 99.4 Å². The Balaban J connectivity index is 1.17. The standard InChI is InChI=1S/C27H35FN8O3S/c1-25(38)12-34(8-4-19(25)37)22-31-23(33-24(32-22)39-15-27-5-2-7-36(27)11-16(28)9-27)35-13-26(14-35)6-3-18-20(26)17(10-29)21(30)40-18/h16,19,37-38H,2-9,11-15,30H2,1H3/t16-,19-,25+,27+/m1/s1. The van der Waals surface area contributed by atoms with Crippen molar-refractivity contribution in [2.24, 2.45) is 0 Å². The number of anilines is 3. The van der Waals surface area contributed by atoms with Gasteiger partial charge in [0.25, 0.3) is 0 Å². The quantitative estimate of drug-likeness (QED) is 0.479. The normalized spacial score (nSPS) is 32.7. The minimum Gasteiger partial charge on any atom is -0.461 e.